The summed E-state index contributed by atoms with van der Waals surface area (Å²) in [5, 5.41) is 0. The second kappa shape index (κ2) is 13.3. The third-order valence-electron chi connectivity index (χ3n) is 5.18. The van der Waals surface area contributed by atoms with Gasteiger partial charge in [-0.05, 0) is 56.0 Å². The van der Waals surface area contributed by atoms with Crippen LogP contribution in [-0.4, -0.2) is 40.9 Å². The normalized spacial score (nSPS) is 14.5. The molecule has 0 aromatic heterocycles. The van der Waals surface area contributed by atoms with E-state index in [0.29, 0.717) is 53.5 Å². The molecule has 186 valence electrons. The van der Waals surface area contributed by atoms with Crippen molar-refractivity contribution in [2.45, 2.75) is 46.6 Å². The van der Waals surface area contributed by atoms with Gasteiger partial charge >= 0.3 is 5.97 Å². The number of rotatable bonds is 12. The molecule has 1 fully saturated rings. The van der Waals surface area contributed by atoms with Crippen molar-refractivity contribution in [2.75, 3.05) is 19.8 Å². The molecule has 0 atom stereocenters. The fourth-order valence-corrected chi connectivity index (χ4v) is 4.67. The molecule has 35 heavy (non-hydrogen) atoms. The summed E-state index contributed by atoms with van der Waals surface area (Å²) in [6, 6.07) is 13.8. The van der Waals surface area contributed by atoms with E-state index in [2.05, 4.69) is 19.1 Å². The Balaban J connectivity index is 1.64. The maximum atomic E-state index is 12.9. The van der Waals surface area contributed by atoms with E-state index in [1.54, 1.807) is 11.0 Å². The highest BCUT2D eigenvalue weighted by molar-refractivity contribution is 8.26. The first-order valence-electron chi connectivity index (χ1n) is 11.8. The number of ether oxygens (including phenoxy) is 3. The molecule has 0 bridgehead atoms. The topological polar surface area (TPSA) is 65.1 Å². The van der Waals surface area contributed by atoms with Crippen LogP contribution in [0.15, 0.2) is 47.4 Å². The minimum Gasteiger partial charge on any atom is -0.490 e. The van der Waals surface area contributed by atoms with Crippen molar-refractivity contribution in [1.82, 2.24) is 4.90 Å². The second-order valence-electron chi connectivity index (χ2n) is 8.07. The Labute approximate surface area is 216 Å². The Morgan fingerprint density at radius 2 is 1.86 bits per heavy atom. The van der Waals surface area contributed by atoms with Crippen molar-refractivity contribution in [3.63, 3.8) is 0 Å². The summed E-state index contributed by atoms with van der Waals surface area (Å²) in [6.45, 7) is 7.65. The highest BCUT2D eigenvalue weighted by Crippen LogP contribution is 2.35. The molecule has 6 nitrogen and oxygen atoms in total. The summed E-state index contributed by atoms with van der Waals surface area (Å²) < 4.78 is 17.4. The van der Waals surface area contributed by atoms with Gasteiger partial charge in [-0.3, -0.25) is 14.5 Å². The van der Waals surface area contributed by atoms with E-state index < -0.39 is 0 Å². The lowest BCUT2D eigenvalue weighted by atomic mass is 10.1. The molecule has 1 amide bonds. The zero-order valence-electron chi connectivity index (χ0n) is 20.4. The number of aryl methyl sites for hydroxylation is 1. The smallest absolute Gasteiger partial charge is 0.305 e. The number of carbonyl (C=O) groups is 2. The lowest BCUT2D eigenvalue weighted by Crippen LogP contribution is -2.29. The largest absolute Gasteiger partial charge is 0.490 e. The molecular weight excluding hydrogens is 482 g/mol. The minimum absolute atomic E-state index is 0.153. The Morgan fingerprint density at radius 1 is 1.09 bits per heavy atom. The number of benzene rings is 2. The lowest BCUT2D eigenvalue weighted by molar-refractivity contribution is -0.144. The van der Waals surface area contributed by atoms with Crippen molar-refractivity contribution >= 4 is 46.3 Å². The highest BCUT2D eigenvalue weighted by atomic mass is 32.2. The Hall–Kier alpha value is -2.84. The fourth-order valence-electron chi connectivity index (χ4n) is 3.36. The standard InChI is InChI=1S/C27H31NO5S2/c1-4-15-32-25(29)7-6-14-28-26(30)24(35-27(28)34)17-21-12-13-22(23(16-21)31-5-2)33-18-20-10-8-19(3)9-11-20/h8-13,16-17H,4-7,14-15,18H2,1-3H3/b24-17-. The molecule has 2 aromatic rings. The number of nitrogens with zero attached hydrogens (tertiary/aromatic N) is 1. The van der Waals surface area contributed by atoms with Crippen molar-refractivity contribution in [3.05, 3.63) is 64.1 Å². The third kappa shape index (κ3) is 7.83. The van der Waals surface area contributed by atoms with Crippen molar-refractivity contribution < 1.29 is 23.8 Å². The second-order valence-corrected chi connectivity index (χ2v) is 9.75. The average molecular weight is 514 g/mol. The Kier molecular flexibility index (Phi) is 10.2. The maximum absolute atomic E-state index is 12.9. The van der Waals surface area contributed by atoms with E-state index in [1.165, 1.54) is 17.3 Å². The van der Waals surface area contributed by atoms with Crippen molar-refractivity contribution in [1.29, 1.82) is 0 Å². The highest BCUT2D eigenvalue weighted by Gasteiger charge is 2.31. The van der Waals surface area contributed by atoms with Crippen LogP contribution in [0, 0.1) is 6.92 Å². The SMILES string of the molecule is CCCOC(=O)CCCN1C(=O)/C(=C/c2ccc(OCc3ccc(C)cc3)c(OCC)c2)SC1=S. The van der Waals surface area contributed by atoms with Crippen LogP contribution in [0.25, 0.3) is 6.08 Å². The van der Waals surface area contributed by atoms with Crippen LogP contribution >= 0.6 is 24.0 Å². The van der Waals surface area contributed by atoms with Gasteiger partial charge in [0.05, 0.1) is 18.1 Å². The van der Waals surface area contributed by atoms with E-state index >= 15 is 0 Å². The predicted octanol–water partition coefficient (Wildman–Crippen LogP) is 5.91. The van der Waals surface area contributed by atoms with Gasteiger partial charge in [0.15, 0.2) is 11.5 Å². The lowest BCUT2D eigenvalue weighted by Gasteiger charge is -2.14. The van der Waals surface area contributed by atoms with E-state index in [-0.39, 0.29) is 18.3 Å². The first kappa shape index (κ1) is 26.8. The third-order valence-corrected chi connectivity index (χ3v) is 6.56. The molecule has 3 rings (SSSR count). The summed E-state index contributed by atoms with van der Waals surface area (Å²) in [5.41, 5.74) is 3.09. The van der Waals surface area contributed by atoms with Crippen LogP contribution < -0.4 is 9.47 Å². The number of thiocarbonyl (C=S) groups is 1. The number of carbonyl (C=O) groups excluding carboxylic acids is 2. The molecule has 8 heteroatoms. The van der Waals surface area contributed by atoms with Crippen LogP contribution in [0.3, 0.4) is 0 Å². The molecule has 0 spiro atoms. The summed E-state index contributed by atoms with van der Waals surface area (Å²) in [4.78, 5) is 26.7. The zero-order chi connectivity index (χ0) is 25.2. The molecule has 1 heterocycles. The van der Waals surface area contributed by atoms with E-state index in [1.807, 2.05) is 44.2 Å². The molecule has 0 radical (unpaired) electrons. The van der Waals surface area contributed by atoms with Gasteiger partial charge in [-0.15, -0.1) is 0 Å². The maximum Gasteiger partial charge on any atom is 0.305 e. The van der Waals surface area contributed by atoms with Gasteiger partial charge in [0.25, 0.3) is 5.91 Å². The van der Waals surface area contributed by atoms with Gasteiger partial charge in [-0.1, -0.05) is 66.8 Å². The minimum atomic E-state index is -0.249. The number of hydrogen-bond acceptors (Lipinski definition) is 7. The van der Waals surface area contributed by atoms with Gasteiger partial charge in [-0.2, -0.15) is 0 Å². The number of amides is 1. The molecule has 1 aliphatic heterocycles. The van der Waals surface area contributed by atoms with Gasteiger partial charge in [0.2, 0.25) is 0 Å². The number of hydrogen-bond donors (Lipinski definition) is 0. The van der Waals surface area contributed by atoms with Gasteiger partial charge in [-0.25, -0.2) is 0 Å². The summed E-state index contributed by atoms with van der Waals surface area (Å²) in [5.74, 6) is 0.863. The Morgan fingerprint density at radius 3 is 2.57 bits per heavy atom. The van der Waals surface area contributed by atoms with Crippen LogP contribution in [0.1, 0.15) is 49.8 Å². The molecule has 1 aliphatic rings. The van der Waals surface area contributed by atoms with Crippen LogP contribution in [0.5, 0.6) is 11.5 Å². The van der Waals surface area contributed by atoms with E-state index in [9.17, 15) is 9.59 Å². The molecule has 0 aliphatic carbocycles. The van der Waals surface area contributed by atoms with Crippen LogP contribution in [-0.2, 0) is 20.9 Å². The average Bonchev–Trinajstić information content (AvgIpc) is 3.10. The summed E-state index contributed by atoms with van der Waals surface area (Å²) in [7, 11) is 0. The van der Waals surface area contributed by atoms with Crippen molar-refractivity contribution in [3.8, 4) is 11.5 Å². The molecule has 1 saturated heterocycles. The monoisotopic (exact) mass is 513 g/mol. The van der Waals surface area contributed by atoms with Crippen LogP contribution in [0.2, 0.25) is 0 Å². The molecule has 0 saturated carbocycles. The zero-order valence-corrected chi connectivity index (χ0v) is 22.0. The first-order chi connectivity index (χ1) is 16.9. The molecule has 0 N–H and O–H groups in total. The fraction of sp³-hybridized carbons (Fsp3) is 0.370. The van der Waals surface area contributed by atoms with Crippen molar-refractivity contribution in [2.24, 2.45) is 0 Å². The van der Waals surface area contributed by atoms with E-state index in [0.717, 1.165) is 17.5 Å². The number of esters is 1. The van der Waals surface area contributed by atoms with Gasteiger partial charge < -0.3 is 14.2 Å². The summed E-state index contributed by atoms with van der Waals surface area (Å²) >= 11 is 6.67. The van der Waals surface area contributed by atoms with E-state index in [4.69, 9.17) is 26.4 Å². The summed E-state index contributed by atoms with van der Waals surface area (Å²) in [6.07, 6.45) is 3.36. The predicted molar refractivity (Wildman–Crippen MR) is 143 cm³/mol. The van der Waals surface area contributed by atoms with Gasteiger partial charge in [0, 0.05) is 13.0 Å². The van der Waals surface area contributed by atoms with Crippen LogP contribution in [0.4, 0.5) is 0 Å². The molecule has 2 aromatic carbocycles. The quantitative estimate of drug-likeness (QED) is 0.199. The number of thioether (sulfide) groups is 1. The van der Waals surface area contributed by atoms with Gasteiger partial charge in [0.1, 0.15) is 10.9 Å². The Bertz CT molecular complexity index is 1080. The molecule has 0 unspecified atom stereocenters. The first-order valence-corrected chi connectivity index (χ1v) is 13.0. The molecular formula is C27H31NO5S2.